The largest absolute Gasteiger partial charge is 0.493 e. The molecule has 31 heavy (non-hydrogen) atoms. The van der Waals surface area contributed by atoms with Gasteiger partial charge in [-0.15, -0.1) is 0 Å². The van der Waals surface area contributed by atoms with Crippen LogP contribution in [-0.4, -0.2) is 44.2 Å². The highest BCUT2D eigenvalue weighted by Gasteiger charge is 2.33. The Bertz CT molecular complexity index is 1070. The molecule has 4 rings (SSSR count). The average Bonchev–Trinajstić information content (AvgIpc) is 2.76. The van der Waals surface area contributed by atoms with Gasteiger partial charge in [0.05, 0.1) is 12.2 Å². The fourth-order valence-electron chi connectivity index (χ4n) is 3.81. The Morgan fingerprint density at radius 1 is 0.968 bits per heavy atom. The van der Waals surface area contributed by atoms with Crippen molar-refractivity contribution in [3.8, 4) is 5.75 Å². The number of fused-ring (bicyclic) bond motifs is 1. The molecule has 0 atom stereocenters. The van der Waals surface area contributed by atoms with Crippen molar-refractivity contribution >= 4 is 16.7 Å². The Balaban J connectivity index is 1.28. The van der Waals surface area contributed by atoms with Crippen LogP contribution in [0.3, 0.4) is 0 Å². The molecule has 0 aliphatic carbocycles. The monoisotopic (exact) mass is 432 g/mol. The molecule has 1 fully saturated rings. The third-order valence-corrected chi connectivity index (χ3v) is 5.40. The van der Waals surface area contributed by atoms with E-state index in [-0.39, 0.29) is 11.0 Å². The normalized spacial score (nSPS) is 15.4. The highest BCUT2D eigenvalue weighted by Crippen LogP contribution is 2.34. The number of para-hydroxylation sites is 1. The first-order chi connectivity index (χ1) is 14.9. The molecule has 164 valence electrons. The van der Waals surface area contributed by atoms with Gasteiger partial charge >= 0.3 is 11.8 Å². The van der Waals surface area contributed by atoms with Gasteiger partial charge in [0.25, 0.3) is 0 Å². The number of nitrogens with zero attached hydrogens (tertiary/aromatic N) is 2. The number of rotatable bonds is 6. The van der Waals surface area contributed by atoms with Crippen LogP contribution >= 0.6 is 0 Å². The van der Waals surface area contributed by atoms with Gasteiger partial charge in [-0.1, -0.05) is 18.2 Å². The highest BCUT2D eigenvalue weighted by molar-refractivity contribution is 5.82. The maximum absolute atomic E-state index is 13.1. The van der Waals surface area contributed by atoms with E-state index in [1.165, 1.54) is 23.9 Å². The number of anilines is 1. The van der Waals surface area contributed by atoms with Gasteiger partial charge in [0, 0.05) is 55.9 Å². The quantitative estimate of drug-likeness (QED) is 0.427. The SMILES string of the molecule is O=c1cc(C(F)(F)F)c2ccc(OCCCN3CCN(c4ccccc4)CC3)cc2o1. The van der Waals surface area contributed by atoms with E-state index < -0.39 is 17.4 Å². The predicted molar refractivity (Wildman–Crippen MR) is 113 cm³/mol. The maximum atomic E-state index is 13.1. The lowest BCUT2D eigenvalue weighted by Crippen LogP contribution is -2.46. The Hall–Kier alpha value is -3.00. The predicted octanol–water partition coefficient (Wildman–Crippen LogP) is 4.40. The summed E-state index contributed by atoms with van der Waals surface area (Å²) in [6.45, 7) is 5.18. The molecule has 0 saturated carbocycles. The van der Waals surface area contributed by atoms with Crippen LogP contribution in [0.25, 0.3) is 11.0 Å². The number of halogens is 3. The van der Waals surface area contributed by atoms with Gasteiger partial charge in [-0.3, -0.25) is 4.90 Å². The van der Waals surface area contributed by atoms with Crippen LogP contribution in [0, 0.1) is 0 Å². The molecule has 0 bridgehead atoms. The third kappa shape index (κ3) is 5.19. The van der Waals surface area contributed by atoms with Crippen molar-refractivity contribution in [2.24, 2.45) is 0 Å². The number of hydrogen-bond donors (Lipinski definition) is 0. The van der Waals surface area contributed by atoms with Gasteiger partial charge < -0.3 is 14.1 Å². The Kier molecular flexibility index (Phi) is 6.18. The van der Waals surface area contributed by atoms with E-state index in [0.29, 0.717) is 18.4 Å². The van der Waals surface area contributed by atoms with Crippen molar-refractivity contribution in [1.29, 1.82) is 0 Å². The fraction of sp³-hybridized carbons (Fsp3) is 0.348. The average molecular weight is 432 g/mol. The summed E-state index contributed by atoms with van der Waals surface area (Å²) in [7, 11) is 0. The van der Waals surface area contributed by atoms with E-state index in [0.717, 1.165) is 39.1 Å². The molecule has 0 unspecified atom stereocenters. The van der Waals surface area contributed by atoms with Crippen molar-refractivity contribution < 1.29 is 22.3 Å². The van der Waals surface area contributed by atoms with E-state index >= 15 is 0 Å². The lowest BCUT2D eigenvalue weighted by Gasteiger charge is -2.36. The van der Waals surface area contributed by atoms with Crippen LogP contribution < -0.4 is 15.3 Å². The summed E-state index contributed by atoms with van der Waals surface area (Å²) in [6.07, 6.45) is -3.84. The van der Waals surface area contributed by atoms with Crippen molar-refractivity contribution in [1.82, 2.24) is 4.90 Å². The van der Waals surface area contributed by atoms with Crippen LogP contribution in [0.2, 0.25) is 0 Å². The molecule has 2 aromatic carbocycles. The molecule has 1 aliphatic rings. The zero-order valence-corrected chi connectivity index (χ0v) is 16.9. The smallest absolute Gasteiger partial charge is 0.417 e. The Morgan fingerprint density at radius 2 is 1.71 bits per heavy atom. The topological polar surface area (TPSA) is 45.9 Å². The molecular formula is C23H23F3N2O3. The van der Waals surface area contributed by atoms with Crippen LogP contribution in [-0.2, 0) is 6.18 Å². The van der Waals surface area contributed by atoms with Crippen LogP contribution in [0.15, 0.2) is 63.8 Å². The second-order valence-electron chi connectivity index (χ2n) is 7.50. The lowest BCUT2D eigenvalue weighted by atomic mass is 10.1. The minimum atomic E-state index is -4.62. The fourth-order valence-corrected chi connectivity index (χ4v) is 3.81. The number of ether oxygens (including phenoxy) is 1. The molecule has 1 aromatic heterocycles. The van der Waals surface area contributed by atoms with Crippen molar-refractivity contribution in [2.75, 3.05) is 44.2 Å². The van der Waals surface area contributed by atoms with Gasteiger partial charge in [0.2, 0.25) is 0 Å². The Labute approximate surface area is 177 Å². The van der Waals surface area contributed by atoms with E-state index in [1.54, 1.807) is 0 Å². The summed E-state index contributed by atoms with van der Waals surface area (Å²) in [4.78, 5) is 16.2. The van der Waals surface area contributed by atoms with E-state index in [1.807, 2.05) is 18.2 Å². The lowest BCUT2D eigenvalue weighted by molar-refractivity contribution is -0.136. The van der Waals surface area contributed by atoms with Gasteiger partial charge in [-0.05, 0) is 30.7 Å². The van der Waals surface area contributed by atoms with Crippen molar-refractivity contribution in [3.63, 3.8) is 0 Å². The van der Waals surface area contributed by atoms with Crippen molar-refractivity contribution in [3.05, 3.63) is 70.6 Å². The third-order valence-electron chi connectivity index (χ3n) is 5.40. The van der Waals surface area contributed by atoms with Crippen molar-refractivity contribution in [2.45, 2.75) is 12.6 Å². The molecule has 1 saturated heterocycles. The highest BCUT2D eigenvalue weighted by atomic mass is 19.4. The molecule has 3 aromatic rings. The summed E-state index contributed by atoms with van der Waals surface area (Å²) in [5, 5.41) is -0.157. The number of piperazine rings is 1. The van der Waals surface area contributed by atoms with Gasteiger partial charge in [-0.2, -0.15) is 13.2 Å². The minimum Gasteiger partial charge on any atom is -0.493 e. The number of alkyl halides is 3. The summed E-state index contributed by atoms with van der Waals surface area (Å²) in [5.74, 6) is 0.379. The van der Waals surface area contributed by atoms with E-state index in [2.05, 4.69) is 21.9 Å². The van der Waals surface area contributed by atoms with E-state index in [9.17, 15) is 18.0 Å². The van der Waals surface area contributed by atoms with Crippen LogP contribution in [0.5, 0.6) is 5.75 Å². The summed E-state index contributed by atoms with van der Waals surface area (Å²) >= 11 is 0. The second kappa shape index (κ2) is 9.01. The molecule has 8 heteroatoms. The Morgan fingerprint density at radius 3 is 2.42 bits per heavy atom. The second-order valence-corrected chi connectivity index (χ2v) is 7.50. The maximum Gasteiger partial charge on any atom is 0.417 e. The summed E-state index contributed by atoms with van der Waals surface area (Å²) < 4.78 is 50.0. The first-order valence-electron chi connectivity index (χ1n) is 10.2. The molecule has 2 heterocycles. The standard InChI is InChI=1S/C23H23F3N2O3/c24-23(25,26)20-16-22(29)31-21-15-18(7-8-19(20)21)30-14-4-9-27-10-12-28(13-11-27)17-5-2-1-3-6-17/h1-3,5-8,15-16H,4,9-14H2. The van der Waals surface area contributed by atoms with Gasteiger partial charge in [0.1, 0.15) is 11.3 Å². The van der Waals surface area contributed by atoms with Gasteiger partial charge in [0.15, 0.2) is 0 Å². The molecule has 0 N–H and O–H groups in total. The number of hydrogen-bond acceptors (Lipinski definition) is 5. The first kappa shape index (κ1) is 21.2. The zero-order valence-electron chi connectivity index (χ0n) is 16.9. The van der Waals surface area contributed by atoms with Crippen LogP contribution in [0.1, 0.15) is 12.0 Å². The number of benzene rings is 2. The van der Waals surface area contributed by atoms with E-state index in [4.69, 9.17) is 9.15 Å². The molecule has 5 nitrogen and oxygen atoms in total. The minimum absolute atomic E-state index is 0.130. The van der Waals surface area contributed by atoms with Crippen LogP contribution in [0.4, 0.5) is 18.9 Å². The zero-order chi connectivity index (χ0) is 21.8. The molecule has 1 aliphatic heterocycles. The summed E-state index contributed by atoms with van der Waals surface area (Å²) in [6, 6.07) is 14.9. The summed E-state index contributed by atoms with van der Waals surface area (Å²) in [5.41, 5.74) is -0.928. The molecule has 0 amide bonds. The molecule has 0 spiro atoms. The molecular weight excluding hydrogens is 409 g/mol. The molecule has 0 radical (unpaired) electrons. The first-order valence-corrected chi connectivity index (χ1v) is 10.2. The van der Waals surface area contributed by atoms with Gasteiger partial charge in [-0.25, -0.2) is 4.79 Å².